The second kappa shape index (κ2) is 7.28. The second-order valence-electron chi connectivity index (χ2n) is 4.31. The van der Waals surface area contributed by atoms with Crippen LogP contribution >= 0.6 is 0 Å². The van der Waals surface area contributed by atoms with Gasteiger partial charge in [0, 0.05) is 5.56 Å². The fourth-order valence-corrected chi connectivity index (χ4v) is 1.57. The molecule has 0 aliphatic rings. The average molecular weight is 295 g/mol. The van der Waals surface area contributed by atoms with E-state index in [1.807, 2.05) is 0 Å². The summed E-state index contributed by atoms with van der Waals surface area (Å²) in [5.74, 6) is -1.95. The van der Waals surface area contributed by atoms with Gasteiger partial charge in [0.05, 0.1) is 14.2 Å². The normalized spacial score (nSPS) is 9.86. The molecular formula is C14H17NO6. The molecule has 0 bridgehead atoms. The molecule has 0 unspecified atom stereocenters. The summed E-state index contributed by atoms with van der Waals surface area (Å²) in [6.07, 6.45) is 0. The van der Waals surface area contributed by atoms with Crippen LogP contribution in [0.3, 0.4) is 0 Å². The molecule has 0 aliphatic carbocycles. The lowest BCUT2D eigenvalue weighted by Crippen LogP contribution is -2.40. The number of carbonyl (C=O) groups is 3. The Labute approximate surface area is 122 Å². The van der Waals surface area contributed by atoms with Gasteiger partial charge in [0.15, 0.2) is 0 Å². The number of hydrogen-bond donors (Lipinski definition) is 1. The van der Waals surface area contributed by atoms with Crippen molar-refractivity contribution in [3.05, 3.63) is 29.3 Å². The highest BCUT2D eigenvalue weighted by Gasteiger charge is 2.22. The van der Waals surface area contributed by atoms with E-state index in [1.54, 1.807) is 13.0 Å². The van der Waals surface area contributed by atoms with Crippen molar-refractivity contribution in [3.63, 3.8) is 0 Å². The van der Waals surface area contributed by atoms with E-state index >= 15 is 0 Å². The fourth-order valence-electron chi connectivity index (χ4n) is 1.57. The van der Waals surface area contributed by atoms with Crippen molar-refractivity contribution in [1.82, 2.24) is 4.90 Å². The summed E-state index contributed by atoms with van der Waals surface area (Å²) in [7, 11) is 2.36. The van der Waals surface area contributed by atoms with Crippen molar-refractivity contribution in [3.8, 4) is 5.75 Å². The number of phenols is 1. The number of hydrogen-bond acceptors (Lipinski definition) is 6. The van der Waals surface area contributed by atoms with Crippen LogP contribution in [0.2, 0.25) is 0 Å². The third-order valence-electron chi connectivity index (χ3n) is 2.84. The first kappa shape index (κ1) is 16.5. The second-order valence-corrected chi connectivity index (χ2v) is 4.31. The monoisotopic (exact) mass is 295 g/mol. The minimum Gasteiger partial charge on any atom is -0.508 e. The number of amides is 1. The van der Waals surface area contributed by atoms with Crippen LogP contribution in [0.1, 0.15) is 15.9 Å². The first-order valence-corrected chi connectivity index (χ1v) is 6.11. The molecule has 7 nitrogen and oxygen atoms in total. The highest BCUT2D eigenvalue weighted by atomic mass is 16.5. The number of nitrogens with zero attached hydrogens (tertiary/aromatic N) is 1. The van der Waals surface area contributed by atoms with Gasteiger partial charge in [-0.15, -0.1) is 0 Å². The molecule has 1 rings (SSSR count). The van der Waals surface area contributed by atoms with E-state index in [1.165, 1.54) is 26.4 Å². The van der Waals surface area contributed by atoms with Gasteiger partial charge >= 0.3 is 11.9 Å². The average Bonchev–Trinajstić information content (AvgIpc) is 2.48. The van der Waals surface area contributed by atoms with Crippen LogP contribution in [0.5, 0.6) is 5.75 Å². The molecule has 0 fully saturated rings. The first-order chi connectivity index (χ1) is 9.88. The Balaban J connectivity index is 2.99. The molecular weight excluding hydrogens is 278 g/mol. The van der Waals surface area contributed by atoms with Crippen molar-refractivity contribution in [2.45, 2.75) is 6.92 Å². The molecule has 7 heteroatoms. The molecule has 21 heavy (non-hydrogen) atoms. The predicted molar refractivity (Wildman–Crippen MR) is 72.8 cm³/mol. The lowest BCUT2D eigenvalue weighted by atomic mass is 10.1. The maximum Gasteiger partial charge on any atom is 0.325 e. The minimum absolute atomic E-state index is 0.0445. The molecule has 0 atom stereocenters. The van der Waals surface area contributed by atoms with Gasteiger partial charge in [0.2, 0.25) is 0 Å². The van der Waals surface area contributed by atoms with E-state index in [4.69, 9.17) is 0 Å². The van der Waals surface area contributed by atoms with Crippen LogP contribution in [0.25, 0.3) is 0 Å². The van der Waals surface area contributed by atoms with Gasteiger partial charge in [0.1, 0.15) is 18.8 Å². The Bertz CT molecular complexity index is 536. The standard InChI is InChI=1S/C14H17NO6/c1-9-4-5-10(6-11(9)16)14(19)15(7-12(17)20-2)8-13(18)21-3/h4-6,16H,7-8H2,1-3H3. The molecule has 1 amide bonds. The number of benzene rings is 1. The van der Waals surface area contributed by atoms with E-state index in [9.17, 15) is 19.5 Å². The van der Waals surface area contributed by atoms with Gasteiger partial charge in [0.25, 0.3) is 5.91 Å². The zero-order valence-electron chi connectivity index (χ0n) is 12.1. The van der Waals surface area contributed by atoms with Gasteiger partial charge in [-0.25, -0.2) is 0 Å². The van der Waals surface area contributed by atoms with Gasteiger partial charge in [-0.2, -0.15) is 0 Å². The number of rotatable bonds is 5. The van der Waals surface area contributed by atoms with Crippen molar-refractivity contribution >= 4 is 17.8 Å². The smallest absolute Gasteiger partial charge is 0.325 e. The van der Waals surface area contributed by atoms with Crippen molar-refractivity contribution in [1.29, 1.82) is 0 Å². The lowest BCUT2D eigenvalue weighted by Gasteiger charge is -2.20. The maximum absolute atomic E-state index is 12.3. The van der Waals surface area contributed by atoms with E-state index in [2.05, 4.69) is 9.47 Å². The van der Waals surface area contributed by atoms with Crippen LogP contribution in [0.4, 0.5) is 0 Å². The zero-order chi connectivity index (χ0) is 16.0. The molecule has 1 aromatic carbocycles. The van der Waals surface area contributed by atoms with Crippen LogP contribution in [-0.4, -0.2) is 55.2 Å². The predicted octanol–water partition coefficient (Wildman–Crippen LogP) is 0.489. The third-order valence-corrected chi connectivity index (χ3v) is 2.84. The molecule has 0 heterocycles. The minimum atomic E-state index is -0.663. The summed E-state index contributed by atoms with van der Waals surface area (Å²) in [6.45, 7) is 0.905. The highest BCUT2D eigenvalue weighted by Crippen LogP contribution is 2.18. The third kappa shape index (κ3) is 4.48. The number of aryl methyl sites for hydroxylation is 1. The summed E-state index contributed by atoms with van der Waals surface area (Å²) in [5.41, 5.74) is 0.768. The Morgan fingerprint density at radius 1 is 1.10 bits per heavy atom. The maximum atomic E-state index is 12.3. The van der Waals surface area contributed by atoms with Crippen molar-refractivity contribution in [2.24, 2.45) is 0 Å². The number of esters is 2. The van der Waals surface area contributed by atoms with E-state index < -0.39 is 17.8 Å². The molecule has 0 saturated carbocycles. The van der Waals surface area contributed by atoms with Gasteiger partial charge in [-0.1, -0.05) is 6.07 Å². The molecule has 0 aromatic heterocycles. The summed E-state index contributed by atoms with van der Waals surface area (Å²) in [4.78, 5) is 36.0. The molecule has 1 aromatic rings. The van der Waals surface area contributed by atoms with Crippen LogP contribution < -0.4 is 0 Å². The van der Waals surface area contributed by atoms with Crippen molar-refractivity contribution < 1.29 is 29.0 Å². The van der Waals surface area contributed by atoms with Gasteiger partial charge in [-0.05, 0) is 24.6 Å². The Morgan fingerprint density at radius 3 is 2.05 bits per heavy atom. The Hall–Kier alpha value is -2.57. The van der Waals surface area contributed by atoms with E-state index in [0.717, 1.165) is 4.90 Å². The zero-order valence-corrected chi connectivity index (χ0v) is 12.1. The Morgan fingerprint density at radius 2 is 1.62 bits per heavy atom. The molecule has 0 radical (unpaired) electrons. The highest BCUT2D eigenvalue weighted by molar-refractivity contribution is 5.98. The SMILES string of the molecule is COC(=O)CN(CC(=O)OC)C(=O)c1ccc(C)c(O)c1. The largest absolute Gasteiger partial charge is 0.508 e. The van der Waals surface area contributed by atoms with E-state index in [0.29, 0.717) is 5.56 Å². The van der Waals surface area contributed by atoms with E-state index in [-0.39, 0.29) is 24.4 Å². The number of phenolic OH excluding ortho intramolecular Hbond substituents is 1. The number of carbonyl (C=O) groups excluding carboxylic acids is 3. The topological polar surface area (TPSA) is 93.1 Å². The summed E-state index contributed by atoms with van der Waals surface area (Å²) in [6, 6.07) is 4.34. The molecule has 0 aliphatic heterocycles. The Kier molecular flexibility index (Phi) is 5.71. The number of methoxy groups -OCH3 is 2. The molecule has 114 valence electrons. The summed E-state index contributed by atoms with van der Waals surface area (Å²) < 4.78 is 8.98. The van der Waals surface area contributed by atoms with Gasteiger partial charge < -0.3 is 19.5 Å². The quantitative estimate of drug-likeness (QED) is 0.795. The lowest BCUT2D eigenvalue weighted by molar-refractivity contribution is -0.144. The van der Waals surface area contributed by atoms with Gasteiger partial charge in [-0.3, -0.25) is 14.4 Å². The molecule has 0 spiro atoms. The number of aromatic hydroxyl groups is 1. The summed E-state index contributed by atoms with van der Waals surface area (Å²) in [5, 5.41) is 9.63. The van der Waals surface area contributed by atoms with Crippen molar-refractivity contribution in [2.75, 3.05) is 27.3 Å². The number of ether oxygens (including phenoxy) is 2. The first-order valence-electron chi connectivity index (χ1n) is 6.11. The molecule has 1 N–H and O–H groups in total. The van der Waals surface area contributed by atoms with Crippen LogP contribution in [0, 0.1) is 6.92 Å². The molecule has 0 saturated heterocycles. The van der Waals surface area contributed by atoms with Crippen LogP contribution in [-0.2, 0) is 19.1 Å². The summed E-state index contributed by atoms with van der Waals surface area (Å²) >= 11 is 0. The van der Waals surface area contributed by atoms with Crippen LogP contribution in [0.15, 0.2) is 18.2 Å². The fraction of sp³-hybridized carbons (Fsp3) is 0.357.